The van der Waals surface area contributed by atoms with E-state index in [4.69, 9.17) is 10.5 Å². The number of hydrogen-bond acceptors (Lipinski definition) is 3. The molecule has 0 radical (unpaired) electrons. The third-order valence-electron chi connectivity index (χ3n) is 2.97. The number of primary amides is 1. The molecule has 1 aliphatic heterocycles. The molecule has 2 amide bonds. The molecule has 0 aliphatic carbocycles. The third-order valence-corrected chi connectivity index (χ3v) is 2.97. The van der Waals surface area contributed by atoms with Gasteiger partial charge in [-0.2, -0.15) is 0 Å². The molecule has 0 aromatic rings. The normalized spacial score (nSPS) is 19.9. The summed E-state index contributed by atoms with van der Waals surface area (Å²) in [5, 5.41) is 0. The van der Waals surface area contributed by atoms with Crippen molar-refractivity contribution in [2.75, 3.05) is 6.54 Å². The number of ether oxygens (including phenoxy) is 1. The van der Waals surface area contributed by atoms with E-state index in [1.807, 2.05) is 20.8 Å². The maximum Gasteiger partial charge on any atom is 0.410 e. The Morgan fingerprint density at radius 1 is 1.39 bits per heavy atom. The van der Waals surface area contributed by atoms with Crippen LogP contribution in [0.3, 0.4) is 0 Å². The second-order valence-corrected chi connectivity index (χ2v) is 5.83. The number of hydrogen-bond donors (Lipinski definition) is 1. The van der Waals surface area contributed by atoms with Crippen LogP contribution in [-0.4, -0.2) is 35.1 Å². The van der Waals surface area contributed by atoms with Gasteiger partial charge in [-0.15, -0.1) is 0 Å². The molecule has 0 unspecified atom stereocenters. The van der Waals surface area contributed by atoms with Crippen LogP contribution in [0.5, 0.6) is 0 Å². The minimum absolute atomic E-state index is 0.194. The molecule has 1 rings (SSSR count). The molecule has 1 aliphatic rings. The maximum atomic E-state index is 12.0. The minimum Gasteiger partial charge on any atom is -0.444 e. The van der Waals surface area contributed by atoms with Crippen LogP contribution in [0, 0.1) is 0 Å². The zero-order valence-corrected chi connectivity index (χ0v) is 11.6. The Bertz CT molecular complexity index is 310. The molecule has 104 valence electrons. The van der Waals surface area contributed by atoms with E-state index in [-0.39, 0.29) is 18.0 Å². The number of amides is 2. The van der Waals surface area contributed by atoms with Gasteiger partial charge in [-0.05, 0) is 46.5 Å². The maximum absolute atomic E-state index is 12.0. The Morgan fingerprint density at radius 2 is 2.06 bits per heavy atom. The fourth-order valence-electron chi connectivity index (χ4n) is 2.21. The zero-order valence-electron chi connectivity index (χ0n) is 11.6. The van der Waals surface area contributed by atoms with E-state index in [2.05, 4.69) is 0 Å². The SMILES string of the molecule is CC(C)(C)OC(=O)N1CCC[C@@H]1CCCC(N)=O. The Labute approximate surface area is 109 Å². The highest BCUT2D eigenvalue weighted by atomic mass is 16.6. The van der Waals surface area contributed by atoms with E-state index in [9.17, 15) is 9.59 Å². The number of carbonyl (C=O) groups excluding carboxylic acids is 2. The molecular formula is C13H24N2O3. The fraction of sp³-hybridized carbons (Fsp3) is 0.846. The van der Waals surface area contributed by atoms with Crippen LogP contribution >= 0.6 is 0 Å². The van der Waals surface area contributed by atoms with E-state index in [1.54, 1.807) is 4.90 Å². The summed E-state index contributed by atoms with van der Waals surface area (Å²) in [5.74, 6) is -0.281. The molecule has 0 aromatic heterocycles. The van der Waals surface area contributed by atoms with Crippen molar-refractivity contribution in [2.45, 2.75) is 64.5 Å². The van der Waals surface area contributed by atoms with Crippen molar-refractivity contribution in [1.29, 1.82) is 0 Å². The summed E-state index contributed by atoms with van der Waals surface area (Å²) < 4.78 is 5.37. The number of nitrogens with zero attached hydrogens (tertiary/aromatic N) is 1. The first-order chi connectivity index (χ1) is 8.29. The Hall–Kier alpha value is -1.26. The van der Waals surface area contributed by atoms with Crippen molar-refractivity contribution in [3.63, 3.8) is 0 Å². The topological polar surface area (TPSA) is 72.6 Å². The van der Waals surface area contributed by atoms with Crippen LogP contribution in [0.15, 0.2) is 0 Å². The quantitative estimate of drug-likeness (QED) is 0.836. The van der Waals surface area contributed by atoms with Crippen LogP contribution < -0.4 is 5.73 Å². The smallest absolute Gasteiger partial charge is 0.410 e. The molecule has 1 heterocycles. The van der Waals surface area contributed by atoms with Gasteiger partial charge in [-0.3, -0.25) is 4.79 Å². The standard InChI is InChI=1S/C13H24N2O3/c1-13(2,3)18-12(17)15-9-5-7-10(15)6-4-8-11(14)16/h10H,4-9H2,1-3H3,(H2,14,16)/t10-/m0/s1. The van der Waals surface area contributed by atoms with Crippen molar-refractivity contribution in [3.05, 3.63) is 0 Å². The largest absolute Gasteiger partial charge is 0.444 e. The minimum atomic E-state index is -0.461. The Kier molecular flexibility index (Phi) is 4.99. The lowest BCUT2D eigenvalue weighted by atomic mass is 10.1. The van der Waals surface area contributed by atoms with Crippen molar-refractivity contribution >= 4 is 12.0 Å². The average molecular weight is 256 g/mol. The zero-order chi connectivity index (χ0) is 13.8. The molecule has 0 spiro atoms. The Morgan fingerprint density at radius 3 is 2.61 bits per heavy atom. The third kappa shape index (κ3) is 4.94. The van der Waals surface area contributed by atoms with Gasteiger partial charge >= 0.3 is 6.09 Å². The lowest BCUT2D eigenvalue weighted by molar-refractivity contribution is -0.118. The first-order valence-corrected chi connectivity index (χ1v) is 6.57. The van der Waals surface area contributed by atoms with Gasteiger partial charge in [0.25, 0.3) is 0 Å². The van der Waals surface area contributed by atoms with Gasteiger partial charge < -0.3 is 15.4 Å². The number of rotatable bonds is 4. The molecule has 5 nitrogen and oxygen atoms in total. The summed E-state index contributed by atoms with van der Waals surface area (Å²) in [7, 11) is 0. The number of nitrogens with two attached hydrogens (primary N) is 1. The van der Waals surface area contributed by atoms with Gasteiger partial charge in [-0.1, -0.05) is 0 Å². The van der Waals surface area contributed by atoms with Crippen LogP contribution in [0.1, 0.15) is 52.9 Å². The molecule has 1 atom stereocenters. The van der Waals surface area contributed by atoms with Gasteiger partial charge in [-0.25, -0.2) is 4.79 Å². The second kappa shape index (κ2) is 6.07. The fourth-order valence-corrected chi connectivity index (χ4v) is 2.21. The predicted octanol–water partition coefficient (Wildman–Crippen LogP) is 2.04. The first kappa shape index (κ1) is 14.8. The van der Waals surface area contributed by atoms with E-state index in [0.717, 1.165) is 32.2 Å². The highest BCUT2D eigenvalue weighted by Crippen LogP contribution is 2.24. The van der Waals surface area contributed by atoms with Gasteiger partial charge in [0.2, 0.25) is 5.91 Å². The van der Waals surface area contributed by atoms with Crippen molar-refractivity contribution in [3.8, 4) is 0 Å². The van der Waals surface area contributed by atoms with Crippen molar-refractivity contribution in [1.82, 2.24) is 4.90 Å². The molecule has 18 heavy (non-hydrogen) atoms. The molecule has 0 saturated carbocycles. The van der Waals surface area contributed by atoms with Crippen LogP contribution in [-0.2, 0) is 9.53 Å². The molecule has 0 bridgehead atoms. The molecule has 1 saturated heterocycles. The van der Waals surface area contributed by atoms with Gasteiger partial charge in [0.1, 0.15) is 5.60 Å². The van der Waals surface area contributed by atoms with Crippen LogP contribution in [0.4, 0.5) is 4.79 Å². The summed E-state index contributed by atoms with van der Waals surface area (Å²) in [6.07, 6.45) is 3.68. The van der Waals surface area contributed by atoms with E-state index >= 15 is 0 Å². The summed E-state index contributed by atoms with van der Waals surface area (Å²) >= 11 is 0. The lowest BCUT2D eigenvalue weighted by Crippen LogP contribution is -2.39. The molecule has 2 N–H and O–H groups in total. The predicted molar refractivity (Wildman–Crippen MR) is 69.0 cm³/mol. The Balaban J connectivity index is 2.43. The van der Waals surface area contributed by atoms with Crippen molar-refractivity contribution < 1.29 is 14.3 Å². The molecular weight excluding hydrogens is 232 g/mol. The van der Waals surface area contributed by atoms with E-state index < -0.39 is 5.60 Å². The lowest BCUT2D eigenvalue weighted by Gasteiger charge is -2.28. The van der Waals surface area contributed by atoms with Gasteiger partial charge in [0, 0.05) is 19.0 Å². The summed E-state index contributed by atoms with van der Waals surface area (Å²) in [6.45, 7) is 6.34. The highest BCUT2D eigenvalue weighted by molar-refractivity contribution is 5.73. The van der Waals surface area contributed by atoms with Gasteiger partial charge in [0.15, 0.2) is 0 Å². The van der Waals surface area contributed by atoms with Gasteiger partial charge in [0.05, 0.1) is 0 Å². The van der Waals surface area contributed by atoms with Crippen LogP contribution in [0.25, 0.3) is 0 Å². The molecule has 5 heteroatoms. The van der Waals surface area contributed by atoms with E-state index in [1.165, 1.54) is 0 Å². The summed E-state index contributed by atoms with van der Waals surface area (Å²) in [4.78, 5) is 24.5. The highest BCUT2D eigenvalue weighted by Gasteiger charge is 2.31. The van der Waals surface area contributed by atoms with Crippen LogP contribution in [0.2, 0.25) is 0 Å². The molecule has 1 fully saturated rings. The molecule has 0 aromatic carbocycles. The number of carbonyl (C=O) groups is 2. The van der Waals surface area contributed by atoms with Crippen molar-refractivity contribution in [2.24, 2.45) is 5.73 Å². The summed E-state index contributed by atoms with van der Waals surface area (Å²) in [5.41, 5.74) is 4.65. The second-order valence-electron chi connectivity index (χ2n) is 5.83. The first-order valence-electron chi connectivity index (χ1n) is 6.57. The monoisotopic (exact) mass is 256 g/mol. The summed E-state index contributed by atoms with van der Waals surface area (Å²) in [6, 6.07) is 0.194. The van der Waals surface area contributed by atoms with E-state index in [0.29, 0.717) is 6.42 Å². The average Bonchev–Trinajstić information content (AvgIpc) is 2.62. The number of likely N-dealkylation sites (tertiary alicyclic amines) is 1.